The molecule has 1 aromatic carbocycles. The van der Waals surface area contributed by atoms with E-state index in [1.54, 1.807) is 0 Å². The monoisotopic (exact) mass is 478 g/mol. The molecule has 1 aliphatic carbocycles. The number of aromatic nitrogens is 3. The van der Waals surface area contributed by atoms with Crippen molar-refractivity contribution in [3.8, 4) is 11.1 Å². The Hall–Kier alpha value is -2.64. The van der Waals surface area contributed by atoms with Gasteiger partial charge in [-0.05, 0) is 62.9 Å². The quantitative estimate of drug-likeness (QED) is 0.316. The highest BCUT2D eigenvalue weighted by Crippen LogP contribution is 2.37. The summed E-state index contributed by atoms with van der Waals surface area (Å²) in [6.07, 6.45) is 15.5. The molecule has 2 aromatic heterocycles. The van der Waals surface area contributed by atoms with E-state index in [1.807, 2.05) is 6.20 Å². The van der Waals surface area contributed by atoms with Crippen molar-refractivity contribution in [2.24, 2.45) is 0 Å². The summed E-state index contributed by atoms with van der Waals surface area (Å²) in [7, 11) is 1.00. The Morgan fingerprint density at radius 2 is 1.77 bits per heavy atom. The minimum absolute atomic E-state index is 0.536. The zero-order valence-electron chi connectivity index (χ0n) is 21.4. The van der Waals surface area contributed by atoms with E-state index in [-0.39, 0.29) is 0 Å². The third-order valence-corrected chi connectivity index (χ3v) is 7.26. The molecule has 0 radical (unpaired) electrons. The number of fused-ring (bicyclic) bond motifs is 1. The van der Waals surface area contributed by atoms with Crippen LogP contribution in [0.1, 0.15) is 70.8 Å². The molecule has 0 amide bonds. The summed E-state index contributed by atoms with van der Waals surface area (Å²) >= 11 is 0. The van der Waals surface area contributed by atoms with Crippen molar-refractivity contribution in [2.45, 2.75) is 76.8 Å². The first-order valence-electron chi connectivity index (χ1n) is 13.5. The summed E-state index contributed by atoms with van der Waals surface area (Å²) in [5, 5.41) is 18.7. The topological polar surface area (TPSA) is 87.0 Å². The first kappa shape index (κ1) is 25.5. The second-order valence-electron chi connectivity index (χ2n) is 9.70. The molecule has 3 heterocycles. The molecule has 4 N–H and O–H groups in total. The lowest BCUT2D eigenvalue weighted by Crippen LogP contribution is -2.35. The SMILES string of the molecule is CCCCNc1ncc2c(-c3ccc(NC4CCNCC4)cc3)cn(C3CCCCC3)c2n1.CO. The van der Waals surface area contributed by atoms with Crippen LogP contribution in [0.5, 0.6) is 0 Å². The van der Waals surface area contributed by atoms with Gasteiger partial charge in [0.25, 0.3) is 0 Å². The van der Waals surface area contributed by atoms with Crippen LogP contribution in [0.15, 0.2) is 36.7 Å². The Bertz CT molecular complexity index is 1040. The molecule has 1 saturated carbocycles. The number of rotatable bonds is 8. The number of aliphatic hydroxyl groups excluding tert-OH is 1. The van der Waals surface area contributed by atoms with Crippen LogP contribution in [0, 0.1) is 0 Å². The summed E-state index contributed by atoms with van der Waals surface area (Å²) in [4.78, 5) is 9.65. The lowest BCUT2D eigenvalue weighted by Gasteiger charge is -2.24. The van der Waals surface area contributed by atoms with Gasteiger partial charge in [0.15, 0.2) is 0 Å². The Balaban J connectivity index is 0.00000141. The Morgan fingerprint density at radius 3 is 2.49 bits per heavy atom. The van der Waals surface area contributed by atoms with Crippen LogP contribution in [0.4, 0.5) is 11.6 Å². The number of aliphatic hydroxyl groups is 1. The van der Waals surface area contributed by atoms with Crippen molar-refractivity contribution < 1.29 is 5.11 Å². The largest absolute Gasteiger partial charge is 0.400 e. The van der Waals surface area contributed by atoms with Gasteiger partial charge in [-0.1, -0.05) is 44.7 Å². The number of benzene rings is 1. The summed E-state index contributed by atoms with van der Waals surface area (Å²) in [5.74, 6) is 0.749. The zero-order valence-corrected chi connectivity index (χ0v) is 21.4. The lowest BCUT2D eigenvalue weighted by molar-refractivity contribution is 0.360. The molecule has 0 atom stereocenters. The fourth-order valence-electron chi connectivity index (χ4n) is 5.31. The highest BCUT2D eigenvalue weighted by Gasteiger charge is 2.21. The highest BCUT2D eigenvalue weighted by molar-refractivity contribution is 5.94. The van der Waals surface area contributed by atoms with E-state index in [9.17, 15) is 0 Å². The van der Waals surface area contributed by atoms with E-state index in [1.165, 1.54) is 68.2 Å². The summed E-state index contributed by atoms with van der Waals surface area (Å²) in [5.41, 5.74) is 4.76. The molecule has 2 aliphatic rings. The van der Waals surface area contributed by atoms with Gasteiger partial charge < -0.3 is 25.6 Å². The Morgan fingerprint density at radius 1 is 1.03 bits per heavy atom. The Kier molecular flexibility index (Phi) is 9.37. The van der Waals surface area contributed by atoms with Crippen LogP contribution in [-0.4, -0.2) is 52.4 Å². The zero-order chi connectivity index (χ0) is 24.5. The predicted molar refractivity (Wildman–Crippen MR) is 146 cm³/mol. The van der Waals surface area contributed by atoms with Gasteiger partial charge in [-0.25, -0.2) is 4.98 Å². The van der Waals surface area contributed by atoms with Gasteiger partial charge in [0.2, 0.25) is 5.95 Å². The second kappa shape index (κ2) is 12.9. The number of unbranched alkanes of at least 4 members (excludes halogenated alkanes) is 1. The third kappa shape index (κ3) is 6.33. The molecule has 0 spiro atoms. The van der Waals surface area contributed by atoms with E-state index in [4.69, 9.17) is 10.1 Å². The molecule has 3 aromatic rings. The summed E-state index contributed by atoms with van der Waals surface area (Å²) < 4.78 is 2.44. The molecule has 1 aliphatic heterocycles. The number of anilines is 2. The molecule has 7 heteroatoms. The Labute approximate surface area is 209 Å². The molecule has 5 rings (SSSR count). The van der Waals surface area contributed by atoms with Crippen molar-refractivity contribution in [3.63, 3.8) is 0 Å². The van der Waals surface area contributed by atoms with Crippen molar-refractivity contribution in [1.82, 2.24) is 19.9 Å². The van der Waals surface area contributed by atoms with Crippen molar-refractivity contribution >= 4 is 22.7 Å². The first-order valence-corrected chi connectivity index (χ1v) is 13.5. The number of nitrogens with zero attached hydrogens (tertiary/aromatic N) is 3. The van der Waals surface area contributed by atoms with Gasteiger partial charge in [-0.15, -0.1) is 0 Å². The smallest absolute Gasteiger partial charge is 0.224 e. The van der Waals surface area contributed by atoms with E-state index >= 15 is 0 Å². The third-order valence-electron chi connectivity index (χ3n) is 7.26. The number of hydrogen-bond donors (Lipinski definition) is 4. The average Bonchev–Trinajstić information content (AvgIpc) is 3.30. The summed E-state index contributed by atoms with van der Waals surface area (Å²) in [6, 6.07) is 10.0. The van der Waals surface area contributed by atoms with E-state index < -0.39 is 0 Å². The minimum atomic E-state index is 0.536. The van der Waals surface area contributed by atoms with Gasteiger partial charge in [0.05, 0.1) is 0 Å². The van der Waals surface area contributed by atoms with Crippen LogP contribution in [0.25, 0.3) is 22.2 Å². The van der Waals surface area contributed by atoms with Crippen LogP contribution in [0.2, 0.25) is 0 Å². The van der Waals surface area contributed by atoms with Crippen LogP contribution < -0.4 is 16.0 Å². The van der Waals surface area contributed by atoms with E-state index in [0.717, 1.165) is 50.1 Å². The first-order chi connectivity index (χ1) is 17.3. The molecular formula is C28H42N6O. The van der Waals surface area contributed by atoms with Gasteiger partial charge >= 0.3 is 0 Å². The number of hydrogen-bond acceptors (Lipinski definition) is 6. The minimum Gasteiger partial charge on any atom is -0.400 e. The molecule has 0 bridgehead atoms. The predicted octanol–water partition coefficient (Wildman–Crippen LogP) is 5.59. The van der Waals surface area contributed by atoms with E-state index in [0.29, 0.717) is 12.1 Å². The van der Waals surface area contributed by atoms with Gasteiger partial charge in [-0.2, -0.15) is 4.98 Å². The van der Waals surface area contributed by atoms with Crippen molar-refractivity contribution in [3.05, 3.63) is 36.7 Å². The standard InChI is InChI=1S/C27H38N6.CH4O/c1-2-3-15-29-27-30-18-24-25(19-33(26(24)32-27)23-7-5-4-6-8-23)20-9-11-21(12-10-20)31-22-13-16-28-17-14-22;1-2/h9-12,18-19,22-23,28,31H,2-8,13-17H2,1H3,(H,29,30,32);2H,1H3. The van der Waals surface area contributed by atoms with Gasteiger partial charge in [0.1, 0.15) is 5.65 Å². The second-order valence-corrected chi connectivity index (χ2v) is 9.70. The van der Waals surface area contributed by atoms with Crippen LogP contribution in [-0.2, 0) is 0 Å². The average molecular weight is 479 g/mol. The van der Waals surface area contributed by atoms with Crippen molar-refractivity contribution in [2.75, 3.05) is 37.4 Å². The maximum Gasteiger partial charge on any atom is 0.224 e. The highest BCUT2D eigenvalue weighted by atomic mass is 16.2. The van der Waals surface area contributed by atoms with Crippen LogP contribution in [0.3, 0.4) is 0 Å². The fourth-order valence-corrected chi connectivity index (χ4v) is 5.31. The molecule has 7 nitrogen and oxygen atoms in total. The summed E-state index contributed by atoms with van der Waals surface area (Å²) in [6.45, 7) is 5.33. The van der Waals surface area contributed by atoms with Crippen LogP contribution >= 0.6 is 0 Å². The maximum atomic E-state index is 7.00. The molecular weight excluding hydrogens is 436 g/mol. The molecule has 190 valence electrons. The molecule has 1 saturated heterocycles. The molecule has 35 heavy (non-hydrogen) atoms. The van der Waals surface area contributed by atoms with Gasteiger partial charge in [-0.3, -0.25) is 0 Å². The van der Waals surface area contributed by atoms with Gasteiger partial charge in [0, 0.05) is 54.8 Å². The number of nitrogens with one attached hydrogen (secondary N) is 3. The van der Waals surface area contributed by atoms with E-state index in [2.05, 4.69) is 62.9 Å². The maximum absolute atomic E-state index is 7.00. The fraction of sp³-hybridized carbons (Fsp3) is 0.571. The molecule has 2 fully saturated rings. The van der Waals surface area contributed by atoms with Crippen molar-refractivity contribution in [1.29, 1.82) is 0 Å². The normalized spacial score (nSPS) is 17.1. The number of piperidine rings is 1. The lowest BCUT2D eigenvalue weighted by atomic mass is 9.95. The molecule has 0 unspecified atom stereocenters.